The molecule has 0 N–H and O–H groups in total. The van der Waals surface area contributed by atoms with E-state index in [-0.39, 0.29) is 0 Å². The molecule has 2 atom stereocenters. The summed E-state index contributed by atoms with van der Waals surface area (Å²) in [4.78, 5) is 4.42. The van der Waals surface area contributed by atoms with Gasteiger partial charge in [-0.1, -0.05) is 26.0 Å². The van der Waals surface area contributed by atoms with E-state index in [2.05, 4.69) is 37.9 Å². The van der Waals surface area contributed by atoms with Gasteiger partial charge in [0.25, 0.3) is 0 Å². The lowest BCUT2D eigenvalue weighted by Crippen LogP contribution is -2.06. The standard InChI is InChI=1S/C20H29NO2/c1-5-11-21-16(4)8-7-15(3)12-17(6-2)18-9-10-19-20(13-18)23-14-22-19/h5,9-11,13,15,17H,6-8,12,14H2,1-4H3/b11-5-,21-16?. The average molecular weight is 315 g/mol. The van der Waals surface area contributed by atoms with E-state index < -0.39 is 0 Å². The van der Waals surface area contributed by atoms with E-state index in [1.165, 1.54) is 24.1 Å². The summed E-state index contributed by atoms with van der Waals surface area (Å²) in [6.45, 7) is 9.06. The van der Waals surface area contributed by atoms with Crippen molar-refractivity contribution in [2.75, 3.05) is 6.79 Å². The SMILES string of the molecule is C/C=C\N=C(C)CCC(C)CC(CC)c1ccc2c(c1)OCO2. The van der Waals surface area contributed by atoms with Crippen LogP contribution in [0.4, 0.5) is 0 Å². The van der Waals surface area contributed by atoms with Crippen molar-refractivity contribution in [3.05, 3.63) is 36.0 Å². The molecule has 0 saturated heterocycles. The zero-order chi connectivity index (χ0) is 16.7. The third-order valence-electron chi connectivity index (χ3n) is 4.49. The van der Waals surface area contributed by atoms with Crippen LogP contribution < -0.4 is 9.47 Å². The maximum atomic E-state index is 5.51. The summed E-state index contributed by atoms with van der Waals surface area (Å²) in [5.41, 5.74) is 2.58. The summed E-state index contributed by atoms with van der Waals surface area (Å²) in [6, 6.07) is 6.38. The molecule has 1 heterocycles. The number of ether oxygens (including phenoxy) is 2. The van der Waals surface area contributed by atoms with Crippen molar-refractivity contribution in [2.24, 2.45) is 10.9 Å². The zero-order valence-corrected chi connectivity index (χ0v) is 14.8. The van der Waals surface area contributed by atoms with Crippen molar-refractivity contribution in [1.29, 1.82) is 0 Å². The van der Waals surface area contributed by atoms with Gasteiger partial charge in [0.2, 0.25) is 6.79 Å². The van der Waals surface area contributed by atoms with E-state index in [4.69, 9.17) is 9.47 Å². The number of hydrogen-bond acceptors (Lipinski definition) is 3. The Morgan fingerprint density at radius 3 is 2.83 bits per heavy atom. The first-order chi connectivity index (χ1) is 11.1. The highest BCUT2D eigenvalue weighted by atomic mass is 16.7. The summed E-state index contributed by atoms with van der Waals surface area (Å²) < 4.78 is 10.9. The molecule has 3 nitrogen and oxygen atoms in total. The van der Waals surface area contributed by atoms with E-state index in [9.17, 15) is 0 Å². The van der Waals surface area contributed by atoms with Gasteiger partial charge >= 0.3 is 0 Å². The third kappa shape index (κ3) is 5.12. The summed E-state index contributed by atoms with van der Waals surface area (Å²) in [5.74, 6) is 3.02. The summed E-state index contributed by atoms with van der Waals surface area (Å²) in [7, 11) is 0. The van der Waals surface area contributed by atoms with Crippen LogP contribution in [-0.2, 0) is 0 Å². The number of benzene rings is 1. The monoisotopic (exact) mass is 315 g/mol. The van der Waals surface area contributed by atoms with Gasteiger partial charge in [0.05, 0.1) is 0 Å². The summed E-state index contributed by atoms with van der Waals surface area (Å²) in [5, 5.41) is 0. The maximum absolute atomic E-state index is 5.51. The Bertz CT molecular complexity index is 563. The molecule has 0 bridgehead atoms. The minimum absolute atomic E-state index is 0.344. The molecule has 0 fully saturated rings. The van der Waals surface area contributed by atoms with E-state index in [1.807, 2.05) is 25.3 Å². The molecule has 23 heavy (non-hydrogen) atoms. The fourth-order valence-electron chi connectivity index (χ4n) is 3.03. The highest BCUT2D eigenvalue weighted by molar-refractivity contribution is 5.82. The van der Waals surface area contributed by atoms with E-state index >= 15 is 0 Å². The van der Waals surface area contributed by atoms with Crippen LogP contribution in [0, 0.1) is 5.92 Å². The molecular formula is C20H29NO2. The molecule has 0 spiro atoms. The molecule has 0 radical (unpaired) electrons. The van der Waals surface area contributed by atoms with Crippen LogP contribution in [0.25, 0.3) is 0 Å². The molecule has 0 aromatic heterocycles. The van der Waals surface area contributed by atoms with Crippen LogP contribution in [-0.4, -0.2) is 12.5 Å². The number of rotatable bonds is 8. The van der Waals surface area contributed by atoms with Crippen LogP contribution in [0.15, 0.2) is 35.5 Å². The largest absolute Gasteiger partial charge is 0.454 e. The minimum Gasteiger partial charge on any atom is -0.454 e. The van der Waals surface area contributed by atoms with Crippen molar-refractivity contribution >= 4 is 5.71 Å². The Morgan fingerprint density at radius 1 is 1.30 bits per heavy atom. The van der Waals surface area contributed by atoms with Gasteiger partial charge in [-0.15, -0.1) is 0 Å². The highest BCUT2D eigenvalue weighted by Gasteiger charge is 2.18. The Kier molecular flexibility index (Phi) is 6.69. The van der Waals surface area contributed by atoms with Crippen molar-refractivity contribution in [3.8, 4) is 11.5 Å². The average Bonchev–Trinajstić information content (AvgIpc) is 3.03. The Morgan fingerprint density at radius 2 is 2.09 bits per heavy atom. The van der Waals surface area contributed by atoms with Gasteiger partial charge in [0.15, 0.2) is 11.5 Å². The lowest BCUT2D eigenvalue weighted by Gasteiger charge is -2.20. The van der Waals surface area contributed by atoms with Gasteiger partial charge in [0.1, 0.15) is 0 Å². The molecule has 1 aromatic rings. The molecule has 0 amide bonds. The van der Waals surface area contributed by atoms with Crippen molar-refractivity contribution in [3.63, 3.8) is 0 Å². The normalized spacial score (nSPS) is 16.8. The summed E-state index contributed by atoms with van der Waals surface area (Å²) >= 11 is 0. The Hall–Kier alpha value is -1.77. The lowest BCUT2D eigenvalue weighted by molar-refractivity contribution is 0.174. The van der Waals surface area contributed by atoms with Gasteiger partial charge in [-0.05, 0) is 69.1 Å². The van der Waals surface area contributed by atoms with Crippen molar-refractivity contribution in [2.45, 2.75) is 59.3 Å². The molecule has 2 rings (SSSR count). The zero-order valence-electron chi connectivity index (χ0n) is 14.8. The van der Waals surface area contributed by atoms with E-state index in [1.54, 1.807) is 0 Å². The van der Waals surface area contributed by atoms with Crippen LogP contribution in [0.1, 0.15) is 64.9 Å². The second-order valence-corrected chi connectivity index (χ2v) is 6.44. The fraction of sp³-hybridized carbons (Fsp3) is 0.550. The van der Waals surface area contributed by atoms with E-state index in [0.717, 1.165) is 24.3 Å². The first kappa shape index (κ1) is 17.6. The van der Waals surface area contributed by atoms with Crippen LogP contribution in [0.5, 0.6) is 11.5 Å². The first-order valence-electron chi connectivity index (χ1n) is 8.68. The van der Waals surface area contributed by atoms with Gasteiger partial charge in [-0.3, -0.25) is 4.99 Å². The van der Waals surface area contributed by atoms with Gasteiger partial charge in [0, 0.05) is 11.9 Å². The smallest absolute Gasteiger partial charge is 0.231 e. The van der Waals surface area contributed by atoms with Gasteiger partial charge in [-0.25, -0.2) is 0 Å². The minimum atomic E-state index is 0.344. The lowest BCUT2D eigenvalue weighted by atomic mass is 9.85. The predicted octanol–water partition coefficient (Wildman–Crippen LogP) is 5.71. The number of aliphatic imine (C=N–C) groups is 1. The third-order valence-corrected chi connectivity index (χ3v) is 4.49. The molecule has 0 saturated carbocycles. The quantitative estimate of drug-likeness (QED) is 0.575. The second-order valence-electron chi connectivity index (χ2n) is 6.44. The number of nitrogens with zero attached hydrogens (tertiary/aromatic N) is 1. The topological polar surface area (TPSA) is 30.8 Å². The molecule has 2 unspecified atom stereocenters. The molecule has 0 aliphatic carbocycles. The number of allylic oxidation sites excluding steroid dienone is 1. The van der Waals surface area contributed by atoms with Gasteiger partial charge < -0.3 is 9.47 Å². The van der Waals surface area contributed by atoms with Crippen LogP contribution >= 0.6 is 0 Å². The van der Waals surface area contributed by atoms with Crippen molar-refractivity contribution < 1.29 is 9.47 Å². The number of hydrogen-bond donors (Lipinski definition) is 0. The molecule has 1 aliphatic heterocycles. The summed E-state index contributed by atoms with van der Waals surface area (Å²) in [6.07, 6.45) is 8.46. The molecule has 1 aromatic carbocycles. The Labute approximate surface area is 140 Å². The highest BCUT2D eigenvalue weighted by Crippen LogP contribution is 2.37. The molecular weight excluding hydrogens is 286 g/mol. The molecule has 126 valence electrons. The molecule has 3 heteroatoms. The second kappa shape index (κ2) is 8.76. The maximum Gasteiger partial charge on any atom is 0.231 e. The first-order valence-corrected chi connectivity index (χ1v) is 8.68. The van der Waals surface area contributed by atoms with E-state index in [0.29, 0.717) is 18.6 Å². The Balaban J connectivity index is 1.91. The van der Waals surface area contributed by atoms with Crippen LogP contribution in [0.3, 0.4) is 0 Å². The molecule has 1 aliphatic rings. The van der Waals surface area contributed by atoms with Crippen molar-refractivity contribution in [1.82, 2.24) is 0 Å². The van der Waals surface area contributed by atoms with Gasteiger partial charge in [-0.2, -0.15) is 0 Å². The predicted molar refractivity (Wildman–Crippen MR) is 96.5 cm³/mol. The van der Waals surface area contributed by atoms with Crippen LogP contribution in [0.2, 0.25) is 0 Å². The number of fused-ring (bicyclic) bond motifs is 1. The fourth-order valence-corrected chi connectivity index (χ4v) is 3.03.